The molecule has 0 heterocycles. The minimum atomic E-state index is -5.08. The van der Waals surface area contributed by atoms with Crippen LogP contribution in [0.15, 0.2) is 30.3 Å². The number of aliphatic carboxylic acids is 1. The van der Waals surface area contributed by atoms with Gasteiger partial charge in [0, 0.05) is 5.33 Å². The molecule has 1 aromatic carbocycles. The lowest BCUT2D eigenvalue weighted by atomic mass is 10.1. The van der Waals surface area contributed by atoms with E-state index in [9.17, 15) is 22.8 Å². The van der Waals surface area contributed by atoms with Crippen LogP contribution in [0.5, 0.6) is 0 Å². The molecule has 1 aromatic rings. The van der Waals surface area contributed by atoms with Crippen molar-refractivity contribution in [2.75, 3.05) is 11.9 Å². The van der Waals surface area contributed by atoms with Gasteiger partial charge in [-0.2, -0.15) is 13.2 Å². The predicted octanol–water partition coefficient (Wildman–Crippen LogP) is 1.63. The Balaban J connectivity index is 0.000000821. The third kappa shape index (κ3) is 11.2. The van der Waals surface area contributed by atoms with Gasteiger partial charge in [0.2, 0.25) is 5.91 Å². The Labute approximate surface area is 162 Å². The Morgan fingerprint density at radius 2 is 1.78 bits per heavy atom. The van der Waals surface area contributed by atoms with E-state index in [0.29, 0.717) is 11.8 Å². The van der Waals surface area contributed by atoms with Crippen LogP contribution in [-0.2, 0) is 25.5 Å². The zero-order valence-electron chi connectivity index (χ0n) is 14.3. The molecule has 0 unspecified atom stereocenters. The number of hydrogen-bond donors (Lipinski definition) is 3. The van der Waals surface area contributed by atoms with Gasteiger partial charge in [0.25, 0.3) is 0 Å². The third-order valence-electron chi connectivity index (χ3n) is 2.91. The van der Waals surface area contributed by atoms with Gasteiger partial charge < -0.3 is 20.9 Å². The molecule has 0 spiro atoms. The highest BCUT2D eigenvalue weighted by Gasteiger charge is 2.38. The molecule has 1 amide bonds. The molecule has 0 aromatic heterocycles. The van der Waals surface area contributed by atoms with Crippen molar-refractivity contribution in [1.82, 2.24) is 5.32 Å². The van der Waals surface area contributed by atoms with Crippen molar-refractivity contribution in [3.8, 4) is 0 Å². The summed E-state index contributed by atoms with van der Waals surface area (Å²) in [5, 5.41) is 10.2. The quantitative estimate of drug-likeness (QED) is 0.423. The van der Waals surface area contributed by atoms with E-state index in [1.807, 2.05) is 30.3 Å². The number of benzene rings is 1. The Bertz CT molecular complexity index is 614. The Hall–Kier alpha value is -2.14. The van der Waals surface area contributed by atoms with E-state index in [4.69, 9.17) is 20.4 Å². The Morgan fingerprint density at radius 1 is 1.26 bits per heavy atom. The number of nitrogens with two attached hydrogens (primary N) is 1. The number of carboxylic acid groups (broad SMARTS) is 1. The lowest BCUT2D eigenvalue weighted by Crippen LogP contribution is -2.48. The molecule has 0 radical (unpaired) electrons. The third-order valence-corrected chi connectivity index (χ3v) is 3.24. The summed E-state index contributed by atoms with van der Waals surface area (Å²) in [5.41, 5.74) is 6.80. The van der Waals surface area contributed by atoms with Gasteiger partial charge in [-0.05, 0) is 18.9 Å². The maximum Gasteiger partial charge on any atom is 0.490 e. The minimum Gasteiger partial charge on any atom is -0.475 e. The number of nitrogens with one attached hydrogen (secondary N) is 1. The molecule has 1 rings (SSSR count). The van der Waals surface area contributed by atoms with Crippen LogP contribution in [0.2, 0.25) is 0 Å². The van der Waals surface area contributed by atoms with Gasteiger partial charge >= 0.3 is 18.1 Å². The molecule has 27 heavy (non-hydrogen) atoms. The van der Waals surface area contributed by atoms with Crippen molar-refractivity contribution < 1.29 is 37.4 Å². The maximum absolute atomic E-state index is 11.9. The summed E-state index contributed by atoms with van der Waals surface area (Å²) in [7, 11) is 0. The molecule has 0 aliphatic carbocycles. The van der Waals surface area contributed by atoms with E-state index >= 15 is 0 Å². The molecule has 0 bridgehead atoms. The molecule has 0 aliphatic heterocycles. The van der Waals surface area contributed by atoms with Crippen molar-refractivity contribution in [2.45, 2.75) is 31.6 Å². The lowest BCUT2D eigenvalue weighted by molar-refractivity contribution is -0.192. The number of hydrogen-bond acceptors (Lipinski definition) is 5. The molecule has 0 saturated carbocycles. The highest BCUT2D eigenvalue weighted by atomic mass is 79.9. The molecule has 7 nitrogen and oxygen atoms in total. The first-order chi connectivity index (χ1) is 12.5. The van der Waals surface area contributed by atoms with E-state index in [1.165, 1.54) is 0 Å². The van der Waals surface area contributed by atoms with Gasteiger partial charge in [0.1, 0.15) is 12.6 Å². The molecule has 0 fully saturated rings. The second kappa shape index (κ2) is 12.3. The number of esters is 1. The first kappa shape index (κ1) is 24.9. The topological polar surface area (TPSA) is 119 Å². The number of carboxylic acids is 1. The van der Waals surface area contributed by atoms with Crippen molar-refractivity contribution in [2.24, 2.45) is 5.73 Å². The SMILES string of the molecule is C[C@H](NC(=O)[C@@H](N)Cc1ccccc1)C(=O)OCCBr.O=C(O)C(F)(F)F. The Kier molecular flexibility index (Phi) is 11.3. The molecule has 152 valence electrons. The molecule has 0 saturated heterocycles. The van der Waals surface area contributed by atoms with Crippen LogP contribution >= 0.6 is 15.9 Å². The second-order valence-corrected chi connectivity index (χ2v) is 5.98. The predicted molar refractivity (Wildman–Crippen MR) is 94.2 cm³/mol. The molecule has 0 aliphatic rings. The number of amides is 1. The molecule has 4 N–H and O–H groups in total. The van der Waals surface area contributed by atoms with Crippen molar-refractivity contribution in [1.29, 1.82) is 0 Å². The number of alkyl halides is 4. The van der Waals surface area contributed by atoms with Gasteiger partial charge in [-0.1, -0.05) is 46.3 Å². The molecule has 2 atom stereocenters. The summed E-state index contributed by atoms with van der Waals surface area (Å²) < 4.78 is 36.6. The average Bonchev–Trinajstić information content (AvgIpc) is 2.60. The van der Waals surface area contributed by atoms with Crippen LogP contribution in [0.25, 0.3) is 0 Å². The number of carbonyl (C=O) groups is 3. The summed E-state index contributed by atoms with van der Waals surface area (Å²) in [6.45, 7) is 1.85. The van der Waals surface area contributed by atoms with E-state index in [2.05, 4.69) is 21.2 Å². The highest BCUT2D eigenvalue weighted by molar-refractivity contribution is 9.09. The molecular weight excluding hydrogens is 437 g/mol. The monoisotopic (exact) mass is 456 g/mol. The van der Waals surface area contributed by atoms with Crippen LogP contribution in [0.3, 0.4) is 0 Å². The zero-order valence-corrected chi connectivity index (χ0v) is 15.9. The number of ether oxygens (including phenoxy) is 1. The standard InChI is InChI=1S/C14H19BrN2O3.C2HF3O2/c1-10(14(19)20-8-7-15)17-13(18)12(16)9-11-5-3-2-4-6-11;3-2(4,5)1(6)7/h2-6,10,12H,7-9,16H2,1H3,(H,17,18);(H,6,7)/t10-,12-;/m0./s1. The summed E-state index contributed by atoms with van der Waals surface area (Å²) in [6.07, 6.45) is -4.66. The first-order valence-corrected chi connectivity index (χ1v) is 8.73. The normalized spacial score (nSPS) is 12.8. The largest absolute Gasteiger partial charge is 0.490 e. The number of halogens is 4. The smallest absolute Gasteiger partial charge is 0.475 e. The second-order valence-electron chi connectivity index (χ2n) is 5.19. The van der Waals surface area contributed by atoms with Crippen LogP contribution in [0.4, 0.5) is 13.2 Å². The molecular formula is C16H20BrF3N2O5. The highest BCUT2D eigenvalue weighted by Crippen LogP contribution is 2.13. The number of rotatable bonds is 7. The van der Waals surface area contributed by atoms with Gasteiger partial charge in [-0.3, -0.25) is 4.79 Å². The fourth-order valence-electron chi connectivity index (χ4n) is 1.60. The van der Waals surface area contributed by atoms with E-state index in [-0.39, 0.29) is 12.5 Å². The molecule has 11 heteroatoms. The van der Waals surface area contributed by atoms with Gasteiger partial charge in [0.15, 0.2) is 0 Å². The number of carbonyl (C=O) groups excluding carboxylic acids is 2. The summed E-state index contributed by atoms with van der Waals surface area (Å²) in [6, 6.07) is 8.09. The van der Waals surface area contributed by atoms with Crippen LogP contribution < -0.4 is 11.1 Å². The fraction of sp³-hybridized carbons (Fsp3) is 0.438. The maximum atomic E-state index is 11.9. The van der Waals surface area contributed by atoms with Crippen LogP contribution in [-0.4, -0.2) is 53.1 Å². The van der Waals surface area contributed by atoms with Crippen molar-refractivity contribution in [3.05, 3.63) is 35.9 Å². The van der Waals surface area contributed by atoms with Gasteiger partial charge in [-0.25, -0.2) is 9.59 Å². The van der Waals surface area contributed by atoms with E-state index < -0.39 is 30.2 Å². The Morgan fingerprint density at radius 3 is 2.22 bits per heavy atom. The summed E-state index contributed by atoms with van der Waals surface area (Å²) >= 11 is 3.15. The van der Waals surface area contributed by atoms with Crippen LogP contribution in [0.1, 0.15) is 12.5 Å². The fourth-order valence-corrected chi connectivity index (χ4v) is 1.77. The van der Waals surface area contributed by atoms with Crippen molar-refractivity contribution >= 4 is 33.8 Å². The van der Waals surface area contributed by atoms with E-state index in [0.717, 1.165) is 5.56 Å². The first-order valence-electron chi connectivity index (χ1n) is 7.61. The summed E-state index contributed by atoms with van der Waals surface area (Å²) in [4.78, 5) is 32.3. The lowest BCUT2D eigenvalue weighted by Gasteiger charge is -2.16. The van der Waals surface area contributed by atoms with Gasteiger partial charge in [-0.15, -0.1) is 0 Å². The minimum absolute atomic E-state index is 0.273. The van der Waals surface area contributed by atoms with Gasteiger partial charge in [0.05, 0.1) is 6.04 Å². The van der Waals surface area contributed by atoms with Crippen LogP contribution in [0, 0.1) is 0 Å². The van der Waals surface area contributed by atoms with E-state index in [1.54, 1.807) is 6.92 Å². The zero-order chi connectivity index (χ0) is 21.0. The van der Waals surface area contributed by atoms with Crippen molar-refractivity contribution in [3.63, 3.8) is 0 Å². The summed E-state index contributed by atoms with van der Waals surface area (Å²) in [5.74, 6) is -3.59. The average molecular weight is 457 g/mol.